The minimum Gasteiger partial charge on any atom is -0.294 e. The number of benzene rings is 1. The zero-order valence-electron chi connectivity index (χ0n) is 15.5. The number of fused-ring (bicyclic) bond motifs is 1. The molecule has 0 atom stereocenters. The number of piperazine rings is 1. The molecule has 1 aliphatic rings. The van der Waals surface area contributed by atoms with E-state index in [1.807, 2.05) is 30.3 Å². The third kappa shape index (κ3) is 4.14. The summed E-state index contributed by atoms with van der Waals surface area (Å²) in [5.74, 6) is 0.0274. The van der Waals surface area contributed by atoms with Crippen molar-refractivity contribution in [3.8, 4) is 0 Å². The topological polar surface area (TPSA) is 87.9 Å². The summed E-state index contributed by atoms with van der Waals surface area (Å²) < 4.78 is 28.2. The number of sulfonamides is 1. The van der Waals surface area contributed by atoms with E-state index < -0.39 is 10.0 Å². The Kier molecular flexibility index (Phi) is 5.28. The minimum absolute atomic E-state index is 0.0274. The molecule has 2 aromatic heterocycles. The van der Waals surface area contributed by atoms with Crippen molar-refractivity contribution >= 4 is 26.3 Å². The third-order valence-electron chi connectivity index (χ3n) is 4.69. The normalized spacial score (nSPS) is 16.6. The van der Waals surface area contributed by atoms with Crippen LogP contribution in [0.4, 0.5) is 0 Å². The van der Waals surface area contributed by atoms with Crippen LogP contribution in [0.3, 0.4) is 0 Å². The highest BCUT2D eigenvalue weighted by molar-refractivity contribution is 7.88. The van der Waals surface area contributed by atoms with Crippen molar-refractivity contribution < 1.29 is 8.42 Å². The molecule has 28 heavy (non-hydrogen) atoms. The predicted octanol–water partition coefficient (Wildman–Crippen LogP) is 1.11. The molecular formula is C18H21N5O3S2. The number of hydrogen-bond acceptors (Lipinski definition) is 7. The van der Waals surface area contributed by atoms with Crippen molar-refractivity contribution in [2.75, 3.05) is 26.2 Å². The Hall–Kier alpha value is -2.14. The highest BCUT2D eigenvalue weighted by Gasteiger charge is 2.27. The van der Waals surface area contributed by atoms with Gasteiger partial charge in [-0.2, -0.15) is 13.9 Å². The first kappa shape index (κ1) is 19.2. The minimum atomic E-state index is -3.33. The van der Waals surface area contributed by atoms with E-state index in [1.54, 1.807) is 11.2 Å². The van der Waals surface area contributed by atoms with E-state index in [9.17, 15) is 13.2 Å². The van der Waals surface area contributed by atoms with Gasteiger partial charge in [-0.05, 0) is 12.5 Å². The van der Waals surface area contributed by atoms with Crippen LogP contribution in [0.25, 0.3) is 4.96 Å². The summed E-state index contributed by atoms with van der Waals surface area (Å²) >= 11 is 1.39. The van der Waals surface area contributed by atoms with Crippen LogP contribution >= 0.6 is 11.3 Å². The fourth-order valence-corrected chi connectivity index (χ4v) is 5.76. The summed E-state index contributed by atoms with van der Waals surface area (Å²) in [7, 11) is -3.33. The molecule has 0 bridgehead atoms. The molecule has 1 aromatic carbocycles. The summed E-state index contributed by atoms with van der Waals surface area (Å²) in [6, 6.07) is 10.7. The van der Waals surface area contributed by atoms with Gasteiger partial charge in [0, 0.05) is 37.9 Å². The Bertz CT molecular complexity index is 1130. The molecule has 0 spiro atoms. The van der Waals surface area contributed by atoms with Crippen molar-refractivity contribution in [3.63, 3.8) is 0 Å². The van der Waals surface area contributed by atoms with Gasteiger partial charge >= 0.3 is 0 Å². The summed E-state index contributed by atoms with van der Waals surface area (Å²) in [5.41, 5.74) is 1.30. The number of hydrogen-bond donors (Lipinski definition) is 0. The molecule has 0 unspecified atom stereocenters. The van der Waals surface area contributed by atoms with Gasteiger partial charge in [0.2, 0.25) is 15.0 Å². The van der Waals surface area contributed by atoms with Crippen LogP contribution in [0.2, 0.25) is 0 Å². The zero-order valence-corrected chi connectivity index (χ0v) is 17.1. The van der Waals surface area contributed by atoms with Gasteiger partial charge in [0.25, 0.3) is 5.56 Å². The lowest BCUT2D eigenvalue weighted by atomic mass is 10.2. The first-order valence-electron chi connectivity index (χ1n) is 9.01. The fourth-order valence-electron chi connectivity index (χ4n) is 3.26. The maximum atomic E-state index is 12.7. The molecule has 0 saturated carbocycles. The second-order valence-electron chi connectivity index (χ2n) is 6.84. The highest BCUT2D eigenvalue weighted by Crippen LogP contribution is 2.17. The van der Waals surface area contributed by atoms with Crippen molar-refractivity contribution in [3.05, 3.63) is 63.0 Å². The maximum Gasteiger partial charge on any atom is 0.275 e. The Labute approximate surface area is 167 Å². The van der Waals surface area contributed by atoms with Gasteiger partial charge in [-0.3, -0.25) is 9.69 Å². The van der Waals surface area contributed by atoms with Crippen molar-refractivity contribution in [2.24, 2.45) is 0 Å². The maximum absolute atomic E-state index is 12.7. The van der Waals surface area contributed by atoms with E-state index in [1.165, 1.54) is 21.9 Å². The molecule has 10 heteroatoms. The quantitative estimate of drug-likeness (QED) is 0.616. The standard InChI is InChI=1S/C18H21N5O3S2/c1-14-11-17(24)23-18(19-14)27-16(20-23)12-21-7-9-22(10-8-21)28(25,26)13-15-5-3-2-4-6-15/h2-6,11H,7-10,12-13H2,1H3. The second-order valence-corrected chi connectivity index (χ2v) is 9.85. The van der Waals surface area contributed by atoms with Crippen LogP contribution in [0.1, 0.15) is 16.3 Å². The molecule has 1 aliphatic heterocycles. The van der Waals surface area contributed by atoms with E-state index in [0.717, 1.165) is 10.6 Å². The summed E-state index contributed by atoms with van der Waals surface area (Å²) in [5, 5.41) is 5.16. The lowest BCUT2D eigenvalue weighted by Gasteiger charge is -2.33. The summed E-state index contributed by atoms with van der Waals surface area (Å²) in [6.45, 7) is 4.54. The molecule has 0 N–H and O–H groups in total. The van der Waals surface area contributed by atoms with Crippen molar-refractivity contribution in [1.29, 1.82) is 0 Å². The molecule has 1 fully saturated rings. The van der Waals surface area contributed by atoms with Crippen LogP contribution in [-0.2, 0) is 22.3 Å². The lowest BCUT2D eigenvalue weighted by Crippen LogP contribution is -2.48. The van der Waals surface area contributed by atoms with E-state index in [0.29, 0.717) is 43.4 Å². The van der Waals surface area contributed by atoms with E-state index in [4.69, 9.17) is 0 Å². The summed E-state index contributed by atoms with van der Waals surface area (Å²) in [6.07, 6.45) is 0. The fraction of sp³-hybridized carbons (Fsp3) is 0.389. The van der Waals surface area contributed by atoms with Gasteiger partial charge < -0.3 is 0 Å². The Morgan fingerprint density at radius 2 is 1.82 bits per heavy atom. The molecule has 148 valence electrons. The molecule has 3 aromatic rings. The molecule has 3 heterocycles. The van der Waals surface area contributed by atoms with Crippen LogP contribution in [-0.4, -0.2) is 58.4 Å². The first-order valence-corrected chi connectivity index (χ1v) is 11.4. The zero-order chi connectivity index (χ0) is 19.7. The number of aromatic nitrogens is 3. The lowest BCUT2D eigenvalue weighted by molar-refractivity contribution is 0.181. The van der Waals surface area contributed by atoms with E-state index in [2.05, 4.69) is 15.0 Å². The van der Waals surface area contributed by atoms with Gasteiger partial charge in [0.15, 0.2) is 0 Å². The van der Waals surface area contributed by atoms with Crippen LogP contribution in [0.15, 0.2) is 41.2 Å². The Morgan fingerprint density at radius 1 is 1.11 bits per heavy atom. The van der Waals surface area contributed by atoms with Gasteiger partial charge in [-0.1, -0.05) is 41.7 Å². The highest BCUT2D eigenvalue weighted by atomic mass is 32.2. The largest absolute Gasteiger partial charge is 0.294 e. The van der Waals surface area contributed by atoms with Gasteiger partial charge in [0.05, 0.1) is 12.3 Å². The molecular weight excluding hydrogens is 398 g/mol. The van der Waals surface area contributed by atoms with Gasteiger partial charge in [-0.15, -0.1) is 0 Å². The number of aryl methyl sites for hydroxylation is 1. The third-order valence-corrected chi connectivity index (χ3v) is 7.43. The smallest absolute Gasteiger partial charge is 0.275 e. The number of nitrogens with zero attached hydrogens (tertiary/aromatic N) is 5. The van der Waals surface area contributed by atoms with Gasteiger partial charge in [0.1, 0.15) is 5.01 Å². The van der Waals surface area contributed by atoms with Gasteiger partial charge in [-0.25, -0.2) is 13.4 Å². The monoisotopic (exact) mass is 419 g/mol. The number of rotatable bonds is 5. The molecule has 8 nitrogen and oxygen atoms in total. The average molecular weight is 420 g/mol. The van der Waals surface area contributed by atoms with E-state index >= 15 is 0 Å². The van der Waals surface area contributed by atoms with Crippen LogP contribution < -0.4 is 5.56 Å². The Balaban J connectivity index is 1.39. The van der Waals surface area contributed by atoms with Crippen molar-refractivity contribution in [2.45, 2.75) is 19.2 Å². The molecule has 4 rings (SSSR count). The second kappa shape index (κ2) is 7.70. The SMILES string of the molecule is Cc1cc(=O)n2nc(CN3CCN(S(=O)(=O)Cc4ccccc4)CC3)sc2n1. The average Bonchev–Trinajstić information content (AvgIpc) is 3.05. The molecule has 1 saturated heterocycles. The first-order chi connectivity index (χ1) is 13.4. The van der Waals surface area contributed by atoms with Crippen LogP contribution in [0, 0.1) is 6.92 Å². The van der Waals surface area contributed by atoms with Crippen molar-refractivity contribution in [1.82, 2.24) is 23.8 Å². The molecule has 0 radical (unpaired) electrons. The van der Waals surface area contributed by atoms with E-state index in [-0.39, 0.29) is 11.3 Å². The Morgan fingerprint density at radius 3 is 2.54 bits per heavy atom. The molecule has 0 amide bonds. The van der Waals surface area contributed by atoms with Crippen LogP contribution in [0.5, 0.6) is 0 Å². The molecule has 0 aliphatic carbocycles. The predicted molar refractivity (Wildman–Crippen MR) is 108 cm³/mol. The summed E-state index contributed by atoms with van der Waals surface area (Å²) in [4.78, 5) is 19.1.